The van der Waals surface area contributed by atoms with Crippen molar-refractivity contribution >= 4 is 29.6 Å². The van der Waals surface area contributed by atoms with Gasteiger partial charge in [0.25, 0.3) is 0 Å². The van der Waals surface area contributed by atoms with Crippen molar-refractivity contribution in [2.75, 3.05) is 0 Å². The van der Waals surface area contributed by atoms with Gasteiger partial charge in [-0.2, -0.15) is 0 Å². The van der Waals surface area contributed by atoms with Crippen molar-refractivity contribution in [3.63, 3.8) is 0 Å². The van der Waals surface area contributed by atoms with Gasteiger partial charge in [-0.15, -0.1) is 0 Å². The third kappa shape index (κ3) is 9.71. The molecule has 6 unspecified atom stereocenters. The van der Waals surface area contributed by atoms with Crippen molar-refractivity contribution < 1.29 is 34.2 Å². The molecule has 0 aliphatic heterocycles. The molecule has 9 N–H and O–H groups in total. The quantitative estimate of drug-likeness (QED) is 0.160. The van der Waals surface area contributed by atoms with Gasteiger partial charge in [0.15, 0.2) is 6.04 Å². The van der Waals surface area contributed by atoms with Crippen molar-refractivity contribution in [1.82, 2.24) is 16.0 Å². The first kappa shape index (κ1) is 29.5. The van der Waals surface area contributed by atoms with Crippen molar-refractivity contribution in [2.24, 2.45) is 17.4 Å². The first-order valence-corrected chi connectivity index (χ1v) is 11.3. The molecule has 0 spiro atoms. The molecule has 0 bridgehead atoms. The van der Waals surface area contributed by atoms with Crippen LogP contribution in [0.2, 0.25) is 0 Å². The standard InChI is InChI=1S/C23H35N5O7/c1-4-12(2)18(25)22(33)27-16(11-17(24)30)20(31)26-15(10-14-8-6-5-7-9-14)21(32)28-19(13(3)29)23(34)35/h5-9,12-13,15-16,18-19,29H,4,10-11,25H2,1-3H3,(H2,24,30)(H,26,31)(H,27,33)(H,28,32)(H,34,35). The summed E-state index contributed by atoms with van der Waals surface area (Å²) >= 11 is 0. The Balaban J connectivity index is 3.14. The van der Waals surface area contributed by atoms with Crippen molar-refractivity contribution in [2.45, 2.75) is 70.3 Å². The molecule has 6 atom stereocenters. The van der Waals surface area contributed by atoms with Gasteiger partial charge in [0, 0.05) is 6.42 Å². The Bertz CT molecular complexity index is 894. The summed E-state index contributed by atoms with van der Waals surface area (Å²) in [5.41, 5.74) is 11.8. The van der Waals surface area contributed by atoms with E-state index in [0.717, 1.165) is 0 Å². The third-order valence-corrected chi connectivity index (χ3v) is 5.56. The molecule has 4 amide bonds. The zero-order valence-electron chi connectivity index (χ0n) is 20.1. The number of hydrogen-bond acceptors (Lipinski definition) is 7. The highest BCUT2D eigenvalue weighted by Crippen LogP contribution is 2.08. The Labute approximate surface area is 203 Å². The Kier molecular flexibility index (Phi) is 11.8. The number of primary amides is 1. The molecule has 0 heterocycles. The van der Waals surface area contributed by atoms with Crippen molar-refractivity contribution in [1.29, 1.82) is 0 Å². The van der Waals surface area contributed by atoms with Crippen LogP contribution in [0.1, 0.15) is 39.2 Å². The molecule has 0 fully saturated rings. The number of aliphatic carboxylic acids is 1. The molecule has 0 saturated carbocycles. The summed E-state index contributed by atoms with van der Waals surface area (Å²) < 4.78 is 0. The van der Waals surface area contributed by atoms with E-state index in [1.165, 1.54) is 6.92 Å². The maximum atomic E-state index is 13.0. The second kappa shape index (κ2) is 14.0. The number of carbonyl (C=O) groups is 5. The number of aliphatic hydroxyl groups is 1. The Morgan fingerprint density at radius 1 is 0.914 bits per heavy atom. The number of nitrogens with one attached hydrogen (secondary N) is 3. The van der Waals surface area contributed by atoms with E-state index in [2.05, 4.69) is 16.0 Å². The molecule has 0 radical (unpaired) electrons. The smallest absolute Gasteiger partial charge is 0.328 e. The Morgan fingerprint density at radius 2 is 1.46 bits per heavy atom. The van der Waals surface area contributed by atoms with Gasteiger partial charge in [0.1, 0.15) is 12.1 Å². The number of rotatable bonds is 14. The second-order valence-electron chi connectivity index (χ2n) is 8.46. The van der Waals surface area contributed by atoms with Crippen LogP contribution >= 0.6 is 0 Å². The van der Waals surface area contributed by atoms with E-state index >= 15 is 0 Å². The van der Waals surface area contributed by atoms with Crippen LogP contribution < -0.4 is 27.4 Å². The Hall–Kier alpha value is -3.51. The van der Waals surface area contributed by atoms with Gasteiger partial charge in [0.2, 0.25) is 23.6 Å². The molecule has 0 saturated heterocycles. The molecular weight excluding hydrogens is 458 g/mol. The molecule has 35 heavy (non-hydrogen) atoms. The molecule has 1 rings (SSSR count). The lowest BCUT2D eigenvalue weighted by Crippen LogP contribution is -2.59. The molecule has 194 valence electrons. The van der Waals surface area contributed by atoms with E-state index in [9.17, 15) is 34.2 Å². The highest BCUT2D eigenvalue weighted by atomic mass is 16.4. The van der Waals surface area contributed by atoms with Crippen LogP contribution in [0, 0.1) is 5.92 Å². The minimum Gasteiger partial charge on any atom is -0.480 e. The summed E-state index contributed by atoms with van der Waals surface area (Å²) in [4.78, 5) is 61.4. The summed E-state index contributed by atoms with van der Waals surface area (Å²) in [7, 11) is 0. The van der Waals surface area contributed by atoms with Crippen LogP contribution in [-0.4, -0.2) is 70.1 Å². The molecule has 1 aromatic rings. The predicted molar refractivity (Wildman–Crippen MR) is 126 cm³/mol. The zero-order valence-corrected chi connectivity index (χ0v) is 20.1. The maximum Gasteiger partial charge on any atom is 0.328 e. The lowest BCUT2D eigenvalue weighted by Gasteiger charge is -2.26. The number of carboxylic acids is 1. The first-order valence-electron chi connectivity index (χ1n) is 11.3. The van der Waals surface area contributed by atoms with Crippen LogP contribution in [0.25, 0.3) is 0 Å². The fraction of sp³-hybridized carbons (Fsp3) is 0.522. The van der Waals surface area contributed by atoms with Crippen LogP contribution in [0.3, 0.4) is 0 Å². The fourth-order valence-corrected chi connectivity index (χ4v) is 3.16. The minimum absolute atomic E-state index is 0.0335. The lowest BCUT2D eigenvalue weighted by molar-refractivity contribution is -0.145. The van der Waals surface area contributed by atoms with Gasteiger partial charge < -0.3 is 37.6 Å². The van der Waals surface area contributed by atoms with E-state index in [0.29, 0.717) is 12.0 Å². The number of amides is 4. The topological polar surface area (TPSA) is 214 Å². The van der Waals surface area contributed by atoms with Crippen LogP contribution in [-0.2, 0) is 30.4 Å². The van der Waals surface area contributed by atoms with E-state index < -0.39 is 66.3 Å². The monoisotopic (exact) mass is 493 g/mol. The lowest BCUT2D eigenvalue weighted by atomic mass is 9.98. The number of aliphatic hydroxyl groups excluding tert-OH is 1. The molecule has 0 aliphatic carbocycles. The number of hydrogen-bond donors (Lipinski definition) is 7. The van der Waals surface area contributed by atoms with Crippen LogP contribution in [0.5, 0.6) is 0 Å². The van der Waals surface area contributed by atoms with Gasteiger partial charge in [-0.1, -0.05) is 50.6 Å². The van der Waals surface area contributed by atoms with Crippen LogP contribution in [0.15, 0.2) is 30.3 Å². The highest BCUT2D eigenvalue weighted by Gasteiger charge is 2.33. The largest absolute Gasteiger partial charge is 0.480 e. The Morgan fingerprint density at radius 3 is 1.94 bits per heavy atom. The molecule has 1 aromatic carbocycles. The van der Waals surface area contributed by atoms with Gasteiger partial charge >= 0.3 is 5.97 Å². The zero-order chi connectivity index (χ0) is 26.7. The van der Waals surface area contributed by atoms with Crippen molar-refractivity contribution in [3.05, 3.63) is 35.9 Å². The summed E-state index contributed by atoms with van der Waals surface area (Å²) in [5, 5.41) is 26.0. The van der Waals surface area contributed by atoms with E-state index in [4.69, 9.17) is 11.5 Å². The molecule has 0 aromatic heterocycles. The van der Waals surface area contributed by atoms with E-state index in [1.54, 1.807) is 37.3 Å². The third-order valence-electron chi connectivity index (χ3n) is 5.56. The van der Waals surface area contributed by atoms with Gasteiger partial charge in [-0.3, -0.25) is 19.2 Å². The van der Waals surface area contributed by atoms with Gasteiger partial charge in [-0.05, 0) is 18.4 Å². The fourth-order valence-electron chi connectivity index (χ4n) is 3.16. The van der Waals surface area contributed by atoms with E-state index in [-0.39, 0.29) is 12.3 Å². The van der Waals surface area contributed by atoms with E-state index in [1.807, 2.05) is 6.92 Å². The molecule has 12 heteroatoms. The number of carboxylic acid groups (broad SMARTS) is 1. The summed E-state index contributed by atoms with van der Waals surface area (Å²) in [6.45, 7) is 4.80. The molecule has 0 aliphatic rings. The first-order chi connectivity index (χ1) is 16.4. The van der Waals surface area contributed by atoms with Crippen molar-refractivity contribution in [3.8, 4) is 0 Å². The SMILES string of the molecule is CCC(C)C(N)C(=O)NC(CC(N)=O)C(=O)NC(Cc1ccccc1)C(=O)NC(C(=O)O)C(C)O. The maximum absolute atomic E-state index is 13.0. The number of nitrogens with two attached hydrogens (primary N) is 2. The average molecular weight is 494 g/mol. The molecule has 12 nitrogen and oxygen atoms in total. The average Bonchev–Trinajstić information content (AvgIpc) is 2.80. The predicted octanol–water partition coefficient (Wildman–Crippen LogP) is -1.60. The van der Waals surface area contributed by atoms with Gasteiger partial charge in [0.05, 0.1) is 18.6 Å². The minimum atomic E-state index is -1.62. The summed E-state index contributed by atoms with van der Waals surface area (Å²) in [6.07, 6.45) is -1.38. The summed E-state index contributed by atoms with van der Waals surface area (Å²) in [6, 6.07) is 3.33. The van der Waals surface area contributed by atoms with Crippen LogP contribution in [0.4, 0.5) is 0 Å². The van der Waals surface area contributed by atoms with Gasteiger partial charge in [-0.25, -0.2) is 4.79 Å². The normalized spacial score (nSPS) is 16.0. The summed E-state index contributed by atoms with van der Waals surface area (Å²) in [5.74, 6) is -4.95. The number of carbonyl (C=O) groups excluding carboxylic acids is 4. The molecular formula is C23H35N5O7. The highest BCUT2D eigenvalue weighted by molar-refractivity contribution is 5.96. The number of benzene rings is 1. The second-order valence-corrected chi connectivity index (χ2v) is 8.46.